The first-order valence-electron chi connectivity index (χ1n) is 11.1. The highest BCUT2D eigenvalue weighted by Crippen LogP contribution is 2.42. The Balaban J connectivity index is 1.26. The summed E-state index contributed by atoms with van der Waals surface area (Å²) in [6.07, 6.45) is 3.24. The summed E-state index contributed by atoms with van der Waals surface area (Å²) in [6, 6.07) is 2.18. The Labute approximate surface area is 189 Å². The van der Waals surface area contributed by atoms with Crippen molar-refractivity contribution in [3.05, 3.63) is 36.3 Å². The van der Waals surface area contributed by atoms with Crippen molar-refractivity contribution in [1.82, 2.24) is 24.7 Å². The molecule has 2 fully saturated rings. The van der Waals surface area contributed by atoms with Crippen LogP contribution in [0.2, 0.25) is 0 Å². The number of hydrogen-bond acceptors (Lipinski definition) is 7. The molecule has 11 heteroatoms. The topological polar surface area (TPSA) is 72.2 Å². The Bertz CT molecular complexity index is 1120. The van der Waals surface area contributed by atoms with Gasteiger partial charge < -0.3 is 14.5 Å². The Morgan fingerprint density at radius 2 is 1.79 bits per heavy atom. The van der Waals surface area contributed by atoms with E-state index >= 15 is 0 Å². The van der Waals surface area contributed by atoms with Gasteiger partial charge in [-0.2, -0.15) is 18.3 Å². The maximum absolute atomic E-state index is 13.1. The molecule has 0 atom stereocenters. The third kappa shape index (κ3) is 4.33. The van der Waals surface area contributed by atoms with Crippen LogP contribution in [0.5, 0.6) is 0 Å². The molecule has 2 saturated heterocycles. The van der Waals surface area contributed by atoms with Crippen LogP contribution >= 0.6 is 0 Å². The fourth-order valence-electron chi connectivity index (χ4n) is 4.85. The number of ether oxygens (including phenoxy) is 1. The molecule has 0 aliphatic carbocycles. The van der Waals surface area contributed by atoms with Crippen molar-refractivity contribution in [3.63, 3.8) is 0 Å². The number of fused-ring (bicyclic) bond motifs is 1. The van der Waals surface area contributed by atoms with Gasteiger partial charge in [0.15, 0.2) is 5.65 Å². The van der Waals surface area contributed by atoms with E-state index in [-0.39, 0.29) is 5.41 Å². The van der Waals surface area contributed by atoms with Gasteiger partial charge in [0.1, 0.15) is 17.2 Å². The molecule has 5 heterocycles. The van der Waals surface area contributed by atoms with Crippen LogP contribution in [0.4, 0.5) is 24.8 Å². The molecule has 3 aromatic heterocycles. The highest BCUT2D eigenvalue weighted by molar-refractivity contribution is 5.71. The maximum Gasteiger partial charge on any atom is 0.416 e. The average Bonchev–Trinajstić information content (AvgIpc) is 3.42. The zero-order valence-corrected chi connectivity index (χ0v) is 18.4. The van der Waals surface area contributed by atoms with Crippen LogP contribution in [0, 0.1) is 5.41 Å². The van der Waals surface area contributed by atoms with Crippen LogP contribution in [-0.2, 0) is 17.5 Å². The number of hydrogen-bond donors (Lipinski definition) is 0. The lowest BCUT2D eigenvalue weighted by molar-refractivity contribution is -0.137. The Hall–Kier alpha value is -2.95. The number of alkyl halides is 3. The minimum Gasteiger partial charge on any atom is -0.383 e. The predicted octanol–water partition coefficient (Wildman–Crippen LogP) is 3.38. The molecule has 0 aromatic carbocycles. The molecule has 0 saturated carbocycles. The van der Waals surface area contributed by atoms with E-state index in [1.807, 2.05) is 4.90 Å². The van der Waals surface area contributed by atoms with Crippen molar-refractivity contribution in [2.24, 2.45) is 5.41 Å². The molecule has 8 nitrogen and oxygen atoms in total. The van der Waals surface area contributed by atoms with E-state index in [2.05, 4.69) is 20.0 Å². The number of anilines is 2. The number of piperidine rings is 1. The molecule has 33 heavy (non-hydrogen) atoms. The molecule has 2 aliphatic rings. The van der Waals surface area contributed by atoms with Crippen LogP contribution < -0.4 is 9.80 Å². The first kappa shape index (κ1) is 21.9. The summed E-state index contributed by atoms with van der Waals surface area (Å²) >= 11 is 0. The van der Waals surface area contributed by atoms with E-state index < -0.39 is 11.7 Å². The molecule has 2 aliphatic heterocycles. The highest BCUT2D eigenvalue weighted by atomic mass is 19.4. The lowest BCUT2D eigenvalue weighted by atomic mass is 9.78. The summed E-state index contributed by atoms with van der Waals surface area (Å²) in [6.45, 7) is 4.27. The second-order valence-corrected chi connectivity index (χ2v) is 8.86. The standard InChI is InChI=1S/C22H26F3N7O/c1-33-11-10-32-20-17(13-28-32)27-14-19(29-20)30-7-3-21(4-8-30)5-9-31(15-21)18-12-16(2-6-26-18)22(23,24)25/h2,6,12-14H,3-5,7-11,15H2,1H3. The molecule has 0 bridgehead atoms. The van der Waals surface area contributed by atoms with Crippen LogP contribution in [0.15, 0.2) is 30.7 Å². The normalized spacial score (nSPS) is 18.5. The quantitative estimate of drug-likeness (QED) is 0.577. The average molecular weight is 461 g/mol. The highest BCUT2D eigenvalue weighted by Gasteiger charge is 2.42. The molecule has 0 amide bonds. The summed E-state index contributed by atoms with van der Waals surface area (Å²) in [5.74, 6) is 1.23. The molecule has 1 spiro atoms. The minimum absolute atomic E-state index is 0.0875. The van der Waals surface area contributed by atoms with E-state index in [0.29, 0.717) is 19.0 Å². The van der Waals surface area contributed by atoms with Gasteiger partial charge in [0.05, 0.1) is 31.1 Å². The van der Waals surface area contributed by atoms with Crippen molar-refractivity contribution in [1.29, 1.82) is 0 Å². The van der Waals surface area contributed by atoms with Gasteiger partial charge in [0.2, 0.25) is 0 Å². The second kappa shape index (κ2) is 8.44. The predicted molar refractivity (Wildman–Crippen MR) is 117 cm³/mol. The van der Waals surface area contributed by atoms with E-state index in [1.54, 1.807) is 24.2 Å². The lowest BCUT2D eigenvalue weighted by Gasteiger charge is -2.39. The van der Waals surface area contributed by atoms with Gasteiger partial charge in [-0.25, -0.2) is 19.6 Å². The SMILES string of the molecule is COCCn1ncc2ncc(N3CCC4(CCN(c5cc(C(F)(F)F)ccn5)C4)CC3)nc21. The largest absolute Gasteiger partial charge is 0.416 e. The first-order chi connectivity index (χ1) is 15.9. The third-order valence-electron chi connectivity index (χ3n) is 6.82. The van der Waals surface area contributed by atoms with Gasteiger partial charge in [-0.15, -0.1) is 0 Å². The Morgan fingerprint density at radius 1 is 1.03 bits per heavy atom. The number of halogens is 3. The van der Waals surface area contributed by atoms with Crippen molar-refractivity contribution in [2.45, 2.75) is 32.0 Å². The number of pyridine rings is 1. The van der Waals surface area contributed by atoms with Gasteiger partial charge in [-0.3, -0.25) is 0 Å². The van der Waals surface area contributed by atoms with Gasteiger partial charge >= 0.3 is 6.18 Å². The number of rotatable bonds is 5. The molecule has 0 radical (unpaired) electrons. The van der Waals surface area contributed by atoms with Gasteiger partial charge in [0, 0.05) is 39.5 Å². The smallest absolute Gasteiger partial charge is 0.383 e. The number of nitrogens with zero attached hydrogens (tertiary/aromatic N) is 7. The molecule has 5 rings (SSSR count). The summed E-state index contributed by atoms with van der Waals surface area (Å²) in [5.41, 5.74) is 0.933. The second-order valence-electron chi connectivity index (χ2n) is 8.86. The summed E-state index contributed by atoms with van der Waals surface area (Å²) < 4.78 is 46.2. The van der Waals surface area contributed by atoms with Crippen LogP contribution in [-0.4, -0.2) is 64.6 Å². The van der Waals surface area contributed by atoms with E-state index in [9.17, 15) is 13.2 Å². The zero-order chi connectivity index (χ0) is 23.1. The Morgan fingerprint density at radius 3 is 2.52 bits per heavy atom. The van der Waals surface area contributed by atoms with Crippen molar-refractivity contribution < 1.29 is 17.9 Å². The van der Waals surface area contributed by atoms with E-state index in [4.69, 9.17) is 9.72 Å². The van der Waals surface area contributed by atoms with Crippen LogP contribution in [0.3, 0.4) is 0 Å². The fraction of sp³-hybridized carbons (Fsp3) is 0.545. The van der Waals surface area contributed by atoms with E-state index in [1.165, 1.54) is 6.20 Å². The molecular weight excluding hydrogens is 435 g/mol. The van der Waals surface area contributed by atoms with E-state index in [0.717, 1.165) is 74.6 Å². The van der Waals surface area contributed by atoms with Crippen molar-refractivity contribution in [2.75, 3.05) is 49.7 Å². The van der Waals surface area contributed by atoms with Crippen molar-refractivity contribution in [3.8, 4) is 0 Å². The van der Waals surface area contributed by atoms with Crippen LogP contribution in [0.25, 0.3) is 11.2 Å². The third-order valence-corrected chi connectivity index (χ3v) is 6.82. The lowest BCUT2D eigenvalue weighted by Crippen LogP contribution is -2.42. The van der Waals surface area contributed by atoms with Gasteiger partial charge in [-0.1, -0.05) is 0 Å². The molecule has 3 aromatic rings. The molecule has 176 valence electrons. The number of methoxy groups -OCH3 is 1. The summed E-state index contributed by atoms with van der Waals surface area (Å²) in [7, 11) is 1.65. The maximum atomic E-state index is 13.1. The molecule has 0 unspecified atom stereocenters. The first-order valence-corrected chi connectivity index (χ1v) is 11.1. The van der Waals surface area contributed by atoms with Crippen molar-refractivity contribution >= 4 is 22.8 Å². The summed E-state index contributed by atoms with van der Waals surface area (Å²) in [4.78, 5) is 17.8. The van der Waals surface area contributed by atoms with Crippen LogP contribution in [0.1, 0.15) is 24.8 Å². The van der Waals surface area contributed by atoms with Gasteiger partial charge in [-0.05, 0) is 36.8 Å². The Kier molecular flexibility index (Phi) is 5.59. The number of aromatic nitrogens is 5. The molecule has 0 N–H and O–H groups in total. The summed E-state index contributed by atoms with van der Waals surface area (Å²) in [5, 5.41) is 4.35. The minimum atomic E-state index is -4.36. The van der Waals surface area contributed by atoms with Gasteiger partial charge in [0.25, 0.3) is 0 Å². The zero-order valence-electron chi connectivity index (χ0n) is 18.4. The fourth-order valence-corrected chi connectivity index (χ4v) is 4.85. The monoisotopic (exact) mass is 461 g/mol. The molecular formula is C22H26F3N7O.